The molecule has 3 aromatic heterocycles. The zero-order chi connectivity index (χ0) is 40.7. The van der Waals surface area contributed by atoms with Gasteiger partial charge in [-0.05, 0) is 103 Å². The average molecular weight is 792 g/mol. The van der Waals surface area contributed by atoms with Crippen LogP contribution in [0.4, 0.5) is 0 Å². The van der Waals surface area contributed by atoms with E-state index in [0.717, 1.165) is 104 Å². The molecule has 0 aliphatic heterocycles. The summed E-state index contributed by atoms with van der Waals surface area (Å²) in [6, 6.07) is 70.0. The molecule has 62 heavy (non-hydrogen) atoms. The van der Waals surface area contributed by atoms with Gasteiger partial charge in [-0.15, -0.1) is 0 Å². The maximum Gasteiger partial charge on any atom is 0.164 e. The highest BCUT2D eigenvalue weighted by atomic mass is 16.3. The van der Waals surface area contributed by atoms with Crippen LogP contribution in [0.15, 0.2) is 209 Å². The Morgan fingerprint density at radius 3 is 1.60 bits per heavy atom. The lowest BCUT2D eigenvalue weighted by molar-refractivity contribution is 0.668. The Bertz CT molecular complexity index is 3940. The van der Waals surface area contributed by atoms with Crippen molar-refractivity contribution >= 4 is 76.2 Å². The zero-order valence-corrected chi connectivity index (χ0v) is 33.2. The molecule has 10 aromatic carbocycles. The molecule has 5 nitrogen and oxygen atoms in total. The first-order valence-corrected chi connectivity index (χ1v) is 20.8. The van der Waals surface area contributed by atoms with E-state index < -0.39 is 0 Å². The number of rotatable bonds is 5. The Morgan fingerprint density at radius 2 is 0.806 bits per heavy atom. The quantitative estimate of drug-likeness (QED) is 0.174. The summed E-state index contributed by atoms with van der Waals surface area (Å²) in [4.78, 5) is 15.9. The third-order valence-electron chi connectivity index (χ3n) is 12.3. The summed E-state index contributed by atoms with van der Waals surface area (Å²) >= 11 is 0. The van der Waals surface area contributed by atoms with Crippen LogP contribution in [0.1, 0.15) is 0 Å². The summed E-state index contributed by atoms with van der Waals surface area (Å²) in [5.74, 6) is 1.78. The van der Waals surface area contributed by atoms with Crippen molar-refractivity contribution in [2.75, 3.05) is 0 Å². The Hall–Kier alpha value is -8.41. The van der Waals surface area contributed by atoms with Crippen LogP contribution in [-0.4, -0.2) is 15.0 Å². The molecule has 0 radical (unpaired) electrons. The molecule has 0 aliphatic rings. The molecule has 0 unspecified atom stereocenters. The van der Waals surface area contributed by atoms with E-state index in [0.29, 0.717) is 17.5 Å². The van der Waals surface area contributed by atoms with Crippen molar-refractivity contribution in [2.45, 2.75) is 0 Å². The number of hydrogen-bond acceptors (Lipinski definition) is 5. The predicted molar refractivity (Wildman–Crippen MR) is 254 cm³/mol. The lowest BCUT2D eigenvalue weighted by Gasteiger charge is -2.14. The van der Waals surface area contributed by atoms with Gasteiger partial charge in [0.05, 0.1) is 0 Å². The normalized spacial score (nSPS) is 11.9. The van der Waals surface area contributed by atoms with E-state index >= 15 is 0 Å². The van der Waals surface area contributed by atoms with Crippen LogP contribution < -0.4 is 0 Å². The van der Waals surface area contributed by atoms with E-state index in [4.69, 9.17) is 23.8 Å². The Balaban J connectivity index is 1.00. The lowest BCUT2D eigenvalue weighted by atomic mass is 9.92. The van der Waals surface area contributed by atoms with Gasteiger partial charge in [-0.25, -0.2) is 15.0 Å². The largest absolute Gasteiger partial charge is 0.456 e. The third-order valence-corrected chi connectivity index (χ3v) is 12.3. The van der Waals surface area contributed by atoms with Crippen LogP contribution in [0, 0.1) is 0 Å². The topological polar surface area (TPSA) is 65.0 Å². The van der Waals surface area contributed by atoms with Crippen molar-refractivity contribution < 1.29 is 8.83 Å². The van der Waals surface area contributed by atoms with Gasteiger partial charge in [0, 0.05) is 38.2 Å². The molecule has 0 saturated heterocycles. The minimum Gasteiger partial charge on any atom is -0.456 e. The Kier molecular flexibility index (Phi) is 7.54. The number of hydrogen-bond donors (Lipinski definition) is 0. The average Bonchev–Trinajstić information content (AvgIpc) is 3.92. The lowest BCUT2D eigenvalue weighted by Crippen LogP contribution is -2.01. The van der Waals surface area contributed by atoms with Gasteiger partial charge in [0.2, 0.25) is 0 Å². The number of furan rings is 2. The first-order valence-electron chi connectivity index (χ1n) is 20.8. The standard InChI is InChI=1S/C57H33N3O2/c1-2-11-34(12-3-1)36-23-21-35-22-24-39(33-40(35)31-36)55-58-56(60-57(59-55)48-17-10-20-51-54(48)47-16-7-9-19-50(47)61-51)45-29-28-41(43-13-4-5-14-44(43)45)37-25-27-42-38(32-37)26-30-52-53(42)46-15-6-8-18-49(46)62-52/h1-33H. The molecule has 3 heterocycles. The molecular formula is C57H33N3O2. The van der Waals surface area contributed by atoms with Crippen LogP contribution in [0.2, 0.25) is 0 Å². The van der Waals surface area contributed by atoms with Gasteiger partial charge in [0.1, 0.15) is 22.3 Å². The monoisotopic (exact) mass is 791 g/mol. The molecule has 13 aromatic rings. The molecule has 288 valence electrons. The highest BCUT2D eigenvalue weighted by molar-refractivity contribution is 6.19. The van der Waals surface area contributed by atoms with Crippen molar-refractivity contribution in [1.29, 1.82) is 0 Å². The summed E-state index contributed by atoms with van der Waals surface area (Å²) in [5.41, 5.74) is 10.7. The van der Waals surface area contributed by atoms with E-state index in [9.17, 15) is 0 Å². The molecule has 0 aliphatic carbocycles. The molecule has 0 atom stereocenters. The second-order valence-corrected chi connectivity index (χ2v) is 15.9. The first kappa shape index (κ1) is 34.5. The fraction of sp³-hybridized carbons (Fsp3) is 0. The van der Waals surface area contributed by atoms with Gasteiger partial charge in [-0.2, -0.15) is 0 Å². The van der Waals surface area contributed by atoms with E-state index in [-0.39, 0.29) is 0 Å². The molecule has 13 rings (SSSR count). The maximum absolute atomic E-state index is 6.34. The Labute approximate surface area is 355 Å². The SMILES string of the molecule is c1ccc(-c2ccc3ccc(-c4nc(-c5ccc(-c6ccc7c(ccc8oc9ccccc9c87)c6)c6ccccc56)nc(-c5cccc6oc7ccccc7c56)n4)cc3c2)cc1. The molecular weight excluding hydrogens is 759 g/mol. The van der Waals surface area contributed by atoms with Crippen molar-refractivity contribution in [2.24, 2.45) is 0 Å². The first-order chi connectivity index (χ1) is 30.7. The summed E-state index contributed by atoms with van der Waals surface area (Å²) in [5, 5.41) is 11.0. The van der Waals surface area contributed by atoms with Crippen LogP contribution in [0.3, 0.4) is 0 Å². The highest BCUT2D eigenvalue weighted by Gasteiger charge is 2.20. The van der Waals surface area contributed by atoms with E-state index in [2.05, 4.69) is 152 Å². The number of aromatic nitrogens is 3. The Morgan fingerprint density at radius 1 is 0.258 bits per heavy atom. The molecule has 0 fully saturated rings. The summed E-state index contributed by atoms with van der Waals surface area (Å²) in [7, 11) is 0. The number of benzene rings is 10. The zero-order valence-electron chi connectivity index (χ0n) is 33.2. The molecule has 0 N–H and O–H groups in total. The van der Waals surface area contributed by atoms with Crippen LogP contribution in [0.25, 0.3) is 133 Å². The fourth-order valence-corrected chi connectivity index (χ4v) is 9.37. The fourth-order valence-electron chi connectivity index (χ4n) is 9.37. The third kappa shape index (κ3) is 5.45. The van der Waals surface area contributed by atoms with E-state index in [1.807, 2.05) is 48.5 Å². The van der Waals surface area contributed by atoms with Crippen molar-refractivity contribution in [1.82, 2.24) is 15.0 Å². The molecule has 0 bridgehead atoms. The summed E-state index contributed by atoms with van der Waals surface area (Å²) in [6.07, 6.45) is 0. The van der Waals surface area contributed by atoms with E-state index in [1.54, 1.807) is 0 Å². The molecule has 0 saturated carbocycles. The van der Waals surface area contributed by atoms with Crippen molar-refractivity contribution in [3.05, 3.63) is 200 Å². The number of fused-ring (bicyclic) bond motifs is 10. The maximum atomic E-state index is 6.34. The highest BCUT2D eigenvalue weighted by Crippen LogP contribution is 2.41. The second-order valence-electron chi connectivity index (χ2n) is 15.9. The van der Waals surface area contributed by atoms with Gasteiger partial charge in [0.15, 0.2) is 17.5 Å². The van der Waals surface area contributed by atoms with Crippen molar-refractivity contribution in [3.8, 4) is 56.4 Å². The smallest absolute Gasteiger partial charge is 0.164 e. The summed E-state index contributed by atoms with van der Waals surface area (Å²) < 4.78 is 12.6. The minimum atomic E-state index is 0.584. The summed E-state index contributed by atoms with van der Waals surface area (Å²) in [6.45, 7) is 0. The second kappa shape index (κ2) is 13.6. The van der Waals surface area contributed by atoms with Crippen LogP contribution >= 0.6 is 0 Å². The van der Waals surface area contributed by atoms with Gasteiger partial charge >= 0.3 is 0 Å². The minimum absolute atomic E-state index is 0.584. The number of nitrogens with zero attached hydrogens (tertiary/aromatic N) is 3. The van der Waals surface area contributed by atoms with E-state index in [1.165, 1.54) is 10.9 Å². The molecule has 0 spiro atoms. The predicted octanol–water partition coefficient (Wildman–Crippen LogP) is 15.5. The molecule has 0 amide bonds. The van der Waals surface area contributed by atoms with Crippen LogP contribution in [0.5, 0.6) is 0 Å². The van der Waals surface area contributed by atoms with Gasteiger partial charge in [-0.3, -0.25) is 0 Å². The van der Waals surface area contributed by atoms with Gasteiger partial charge in [0.25, 0.3) is 0 Å². The van der Waals surface area contributed by atoms with Gasteiger partial charge in [-0.1, -0.05) is 152 Å². The van der Waals surface area contributed by atoms with Crippen LogP contribution in [-0.2, 0) is 0 Å². The number of para-hydroxylation sites is 2. The van der Waals surface area contributed by atoms with Gasteiger partial charge < -0.3 is 8.83 Å². The van der Waals surface area contributed by atoms with Crippen molar-refractivity contribution in [3.63, 3.8) is 0 Å². The molecule has 5 heteroatoms.